The SMILES string of the molecule is Cc1cccc(CC(=N)N2CCCC2)c1. The minimum atomic E-state index is 0.776. The lowest BCUT2D eigenvalue weighted by atomic mass is 10.1. The predicted octanol–water partition coefficient (Wildman–Crippen LogP) is 2.61. The average molecular weight is 202 g/mol. The molecule has 0 amide bonds. The van der Waals surface area contributed by atoms with Crippen molar-refractivity contribution >= 4 is 5.84 Å². The molecule has 0 saturated carbocycles. The zero-order chi connectivity index (χ0) is 10.7. The zero-order valence-electron chi connectivity index (χ0n) is 9.29. The number of amidine groups is 1. The topological polar surface area (TPSA) is 27.1 Å². The minimum absolute atomic E-state index is 0.776. The maximum Gasteiger partial charge on any atom is 0.100 e. The molecule has 1 heterocycles. The van der Waals surface area contributed by atoms with Crippen LogP contribution in [-0.2, 0) is 6.42 Å². The van der Waals surface area contributed by atoms with Gasteiger partial charge in [0.25, 0.3) is 0 Å². The second-order valence-electron chi connectivity index (χ2n) is 4.31. The highest BCUT2D eigenvalue weighted by Crippen LogP contribution is 2.11. The number of likely N-dealkylation sites (tertiary alicyclic amines) is 1. The van der Waals surface area contributed by atoms with Crippen LogP contribution in [0.1, 0.15) is 24.0 Å². The van der Waals surface area contributed by atoms with Crippen molar-refractivity contribution in [3.8, 4) is 0 Å². The van der Waals surface area contributed by atoms with Crippen molar-refractivity contribution < 1.29 is 0 Å². The van der Waals surface area contributed by atoms with E-state index in [9.17, 15) is 0 Å². The third-order valence-corrected chi connectivity index (χ3v) is 2.94. The lowest BCUT2D eigenvalue weighted by molar-refractivity contribution is 0.507. The lowest BCUT2D eigenvalue weighted by Crippen LogP contribution is -2.28. The van der Waals surface area contributed by atoms with Crippen LogP contribution in [0.4, 0.5) is 0 Å². The molecule has 0 spiro atoms. The van der Waals surface area contributed by atoms with E-state index in [1.807, 2.05) is 0 Å². The smallest absolute Gasteiger partial charge is 0.100 e. The van der Waals surface area contributed by atoms with Crippen molar-refractivity contribution in [1.82, 2.24) is 4.90 Å². The molecule has 2 nitrogen and oxygen atoms in total. The van der Waals surface area contributed by atoms with Gasteiger partial charge in [-0.25, -0.2) is 0 Å². The molecule has 2 heteroatoms. The molecule has 1 aromatic carbocycles. The lowest BCUT2D eigenvalue weighted by Gasteiger charge is -2.18. The third-order valence-electron chi connectivity index (χ3n) is 2.94. The van der Waals surface area contributed by atoms with E-state index < -0.39 is 0 Å². The van der Waals surface area contributed by atoms with Crippen molar-refractivity contribution in [3.63, 3.8) is 0 Å². The Morgan fingerprint density at radius 1 is 1.33 bits per heavy atom. The highest BCUT2D eigenvalue weighted by Gasteiger charge is 2.14. The number of hydrogen-bond donors (Lipinski definition) is 1. The van der Waals surface area contributed by atoms with Gasteiger partial charge in [-0.1, -0.05) is 29.8 Å². The highest BCUT2D eigenvalue weighted by molar-refractivity contribution is 5.81. The molecule has 0 bridgehead atoms. The van der Waals surface area contributed by atoms with Gasteiger partial charge in [0.1, 0.15) is 5.84 Å². The summed E-state index contributed by atoms with van der Waals surface area (Å²) in [5, 5.41) is 8.02. The van der Waals surface area contributed by atoms with E-state index in [2.05, 4.69) is 36.1 Å². The molecule has 2 rings (SSSR count). The second-order valence-corrected chi connectivity index (χ2v) is 4.31. The zero-order valence-corrected chi connectivity index (χ0v) is 9.29. The number of hydrogen-bond acceptors (Lipinski definition) is 1. The maximum atomic E-state index is 8.02. The quantitative estimate of drug-likeness (QED) is 0.579. The minimum Gasteiger partial charge on any atom is -0.360 e. The molecule has 1 aliphatic rings. The van der Waals surface area contributed by atoms with Gasteiger partial charge < -0.3 is 4.90 Å². The first-order chi connectivity index (χ1) is 7.25. The molecule has 1 aliphatic heterocycles. The fourth-order valence-corrected chi connectivity index (χ4v) is 2.11. The molecule has 1 saturated heterocycles. The predicted molar refractivity (Wildman–Crippen MR) is 63.4 cm³/mol. The molecule has 0 aromatic heterocycles. The highest BCUT2D eigenvalue weighted by atomic mass is 15.2. The molecule has 1 N–H and O–H groups in total. The first-order valence-electron chi connectivity index (χ1n) is 5.63. The van der Waals surface area contributed by atoms with Gasteiger partial charge in [0, 0.05) is 19.5 Å². The molecule has 0 atom stereocenters. The van der Waals surface area contributed by atoms with Crippen LogP contribution >= 0.6 is 0 Å². The van der Waals surface area contributed by atoms with Gasteiger partial charge in [-0.2, -0.15) is 0 Å². The summed E-state index contributed by atoms with van der Waals surface area (Å²) in [5.41, 5.74) is 2.54. The summed E-state index contributed by atoms with van der Waals surface area (Å²) in [5.74, 6) is 0.776. The molecule has 1 fully saturated rings. The van der Waals surface area contributed by atoms with Gasteiger partial charge in [-0.15, -0.1) is 0 Å². The third kappa shape index (κ3) is 2.58. The molecule has 80 valence electrons. The second kappa shape index (κ2) is 4.47. The molecule has 15 heavy (non-hydrogen) atoms. The van der Waals surface area contributed by atoms with Crippen molar-refractivity contribution in [2.45, 2.75) is 26.2 Å². The molecule has 0 radical (unpaired) electrons. The van der Waals surface area contributed by atoms with Crippen LogP contribution in [0.15, 0.2) is 24.3 Å². The Bertz CT molecular complexity index is 351. The van der Waals surface area contributed by atoms with Crippen LogP contribution < -0.4 is 0 Å². The van der Waals surface area contributed by atoms with Crippen molar-refractivity contribution in [3.05, 3.63) is 35.4 Å². The van der Waals surface area contributed by atoms with Crippen LogP contribution in [0, 0.1) is 12.3 Å². The van der Waals surface area contributed by atoms with E-state index in [0.29, 0.717) is 0 Å². The number of nitrogens with zero attached hydrogens (tertiary/aromatic N) is 1. The van der Waals surface area contributed by atoms with Gasteiger partial charge in [0.05, 0.1) is 0 Å². The molecular formula is C13H18N2. The number of aryl methyl sites for hydroxylation is 1. The van der Waals surface area contributed by atoms with Gasteiger partial charge in [-0.3, -0.25) is 5.41 Å². The number of benzene rings is 1. The van der Waals surface area contributed by atoms with Gasteiger partial charge in [-0.05, 0) is 25.3 Å². The van der Waals surface area contributed by atoms with E-state index in [-0.39, 0.29) is 0 Å². The van der Waals surface area contributed by atoms with Crippen LogP contribution in [0.3, 0.4) is 0 Å². The first kappa shape index (κ1) is 10.2. The Balaban J connectivity index is 1.99. The van der Waals surface area contributed by atoms with E-state index in [1.54, 1.807) is 0 Å². The fraction of sp³-hybridized carbons (Fsp3) is 0.462. The van der Waals surface area contributed by atoms with Gasteiger partial charge in [0.2, 0.25) is 0 Å². The summed E-state index contributed by atoms with van der Waals surface area (Å²) in [6.45, 7) is 4.25. The molecule has 0 unspecified atom stereocenters. The normalized spacial score (nSPS) is 15.7. The van der Waals surface area contributed by atoms with Crippen LogP contribution in [0.5, 0.6) is 0 Å². The Morgan fingerprint density at radius 2 is 2.07 bits per heavy atom. The van der Waals surface area contributed by atoms with E-state index >= 15 is 0 Å². The monoisotopic (exact) mass is 202 g/mol. The Kier molecular flexibility index (Phi) is 3.05. The number of rotatable bonds is 2. The van der Waals surface area contributed by atoms with E-state index in [0.717, 1.165) is 25.3 Å². The summed E-state index contributed by atoms with van der Waals surface area (Å²) in [4.78, 5) is 2.20. The summed E-state index contributed by atoms with van der Waals surface area (Å²) in [6, 6.07) is 8.45. The fourth-order valence-electron chi connectivity index (χ4n) is 2.11. The molecule has 0 aliphatic carbocycles. The standard InChI is InChI=1S/C13H18N2/c1-11-5-4-6-12(9-11)10-13(14)15-7-2-3-8-15/h4-6,9,14H,2-3,7-8,10H2,1H3. The summed E-state index contributed by atoms with van der Waals surface area (Å²) in [7, 11) is 0. The Hall–Kier alpha value is -1.31. The molecular weight excluding hydrogens is 184 g/mol. The first-order valence-corrected chi connectivity index (χ1v) is 5.63. The van der Waals surface area contributed by atoms with E-state index in [1.165, 1.54) is 24.0 Å². The van der Waals surface area contributed by atoms with Crippen molar-refractivity contribution in [2.75, 3.05) is 13.1 Å². The van der Waals surface area contributed by atoms with Crippen LogP contribution in [0.2, 0.25) is 0 Å². The van der Waals surface area contributed by atoms with Gasteiger partial charge in [0.15, 0.2) is 0 Å². The van der Waals surface area contributed by atoms with Crippen molar-refractivity contribution in [1.29, 1.82) is 5.41 Å². The van der Waals surface area contributed by atoms with Crippen LogP contribution in [0.25, 0.3) is 0 Å². The van der Waals surface area contributed by atoms with Crippen LogP contribution in [-0.4, -0.2) is 23.8 Å². The van der Waals surface area contributed by atoms with Gasteiger partial charge >= 0.3 is 0 Å². The summed E-state index contributed by atoms with van der Waals surface area (Å²) >= 11 is 0. The van der Waals surface area contributed by atoms with Crippen molar-refractivity contribution in [2.24, 2.45) is 0 Å². The number of nitrogens with one attached hydrogen (secondary N) is 1. The average Bonchev–Trinajstić information content (AvgIpc) is 2.70. The Morgan fingerprint density at radius 3 is 2.73 bits per heavy atom. The largest absolute Gasteiger partial charge is 0.360 e. The Labute approximate surface area is 91.4 Å². The molecule has 1 aromatic rings. The van der Waals surface area contributed by atoms with E-state index in [4.69, 9.17) is 5.41 Å². The summed E-state index contributed by atoms with van der Waals surface area (Å²) in [6.07, 6.45) is 3.27. The summed E-state index contributed by atoms with van der Waals surface area (Å²) < 4.78 is 0. The maximum absolute atomic E-state index is 8.02.